The SMILES string of the molecule is CCCCC(CC)COCCCC(=O)c1ccc(Br)cc1. The molecule has 0 aliphatic heterocycles. The fourth-order valence-electron chi connectivity index (χ4n) is 2.26. The van der Waals surface area contributed by atoms with E-state index in [0.29, 0.717) is 18.9 Å². The average molecular weight is 355 g/mol. The molecule has 0 saturated carbocycles. The van der Waals surface area contributed by atoms with Crippen molar-refractivity contribution >= 4 is 21.7 Å². The molecule has 1 rings (SSSR count). The Bertz CT molecular complexity index is 400. The lowest BCUT2D eigenvalue weighted by Gasteiger charge is -2.14. The van der Waals surface area contributed by atoms with Crippen LogP contribution in [0, 0.1) is 5.92 Å². The van der Waals surface area contributed by atoms with Gasteiger partial charge in [0, 0.05) is 29.7 Å². The van der Waals surface area contributed by atoms with Crippen LogP contribution < -0.4 is 0 Å². The maximum Gasteiger partial charge on any atom is 0.162 e. The zero-order valence-electron chi connectivity index (χ0n) is 13.2. The molecule has 0 radical (unpaired) electrons. The molecule has 0 bridgehead atoms. The van der Waals surface area contributed by atoms with Gasteiger partial charge in [0.15, 0.2) is 5.78 Å². The molecule has 1 aromatic carbocycles. The van der Waals surface area contributed by atoms with E-state index in [4.69, 9.17) is 4.74 Å². The fourth-order valence-corrected chi connectivity index (χ4v) is 2.53. The first-order valence-corrected chi connectivity index (χ1v) is 8.83. The second-order valence-electron chi connectivity index (χ2n) is 5.53. The predicted octanol–water partition coefficient (Wildman–Crippen LogP) is 5.65. The van der Waals surface area contributed by atoms with Crippen molar-refractivity contribution in [3.8, 4) is 0 Å². The van der Waals surface area contributed by atoms with Gasteiger partial charge in [-0.25, -0.2) is 0 Å². The normalized spacial score (nSPS) is 12.3. The minimum absolute atomic E-state index is 0.198. The van der Waals surface area contributed by atoms with Crippen LogP contribution >= 0.6 is 15.9 Å². The zero-order valence-corrected chi connectivity index (χ0v) is 14.8. The Morgan fingerprint density at radius 2 is 1.90 bits per heavy atom. The Labute approximate surface area is 137 Å². The molecule has 1 aromatic rings. The largest absolute Gasteiger partial charge is 0.381 e. The number of Topliss-reactive ketones (excluding diaryl/α,β-unsaturated/α-hetero) is 1. The number of ketones is 1. The van der Waals surface area contributed by atoms with E-state index in [0.717, 1.165) is 23.1 Å². The molecule has 0 fully saturated rings. The van der Waals surface area contributed by atoms with E-state index in [1.165, 1.54) is 25.7 Å². The average Bonchev–Trinajstić information content (AvgIpc) is 2.50. The highest BCUT2D eigenvalue weighted by Gasteiger charge is 2.07. The second kappa shape index (κ2) is 11.0. The van der Waals surface area contributed by atoms with E-state index in [1.54, 1.807) is 0 Å². The summed E-state index contributed by atoms with van der Waals surface area (Å²) in [6.07, 6.45) is 6.33. The van der Waals surface area contributed by atoms with Crippen LogP contribution in [0.4, 0.5) is 0 Å². The first-order valence-electron chi connectivity index (χ1n) is 8.03. The molecule has 3 heteroatoms. The van der Waals surface area contributed by atoms with Crippen LogP contribution in [0.1, 0.15) is 62.7 Å². The molecule has 1 unspecified atom stereocenters. The lowest BCUT2D eigenvalue weighted by molar-refractivity contribution is 0.0834. The Balaban J connectivity index is 2.15. The molecular formula is C18H27BrO2. The van der Waals surface area contributed by atoms with Crippen LogP contribution in [-0.4, -0.2) is 19.0 Å². The van der Waals surface area contributed by atoms with Crippen LogP contribution in [0.5, 0.6) is 0 Å². The van der Waals surface area contributed by atoms with Crippen LogP contribution in [0.25, 0.3) is 0 Å². The molecule has 0 saturated heterocycles. The lowest BCUT2D eigenvalue weighted by Crippen LogP contribution is -2.10. The van der Waals surface area contributed by atoms with Gasteiger partial charge in [0.1, 0.15) is 0 Å². The number of carbonyl (C=O) groups is 1. The van der Waals surface area contributed by atoms with Gasteiger partial charge < -0.3 is 4.74 Å². The van der Waals surface area contributed by atoms with Crippen molar-refractivity contribution in [2.45, 2.75) is 52.4 Å². The predicted molar refractivity (Wildman–Crippen MR) is 91.8 cm³/mol. The van der Waals surface area contributed by atoms with Crippen molar-refractivity contribution < 1.29 is 9.53 Å². The van der Waals surface area contributed by atoms with Crippen LogP contribution in [-0.2, 0) is 4.74 Å². The summed E-state index contributed by atoms with van der Waals surface area (Å²) in [5, 5.41) is 0. The molecule has 0 heterocycles. The molecular weight excluding hydrogens is 328 g/mol. The number of carbonyl (C=O) groups excluding carboxylic acids is 1. The summed E-state index contributed by atoms with van der Waals surface area (Å²) in [7, 11) is 0. The third-order valence-corrected chi connectivity index (χ3v) is 4.28. The fraction of sp³-hybridized carbons (Fsp3) is 0.611. The summed E-state index contributed by atoms with van der Waals surface area (Å²) >= 11 is 3.37. The number of benzene rings is 1. The Kier molecular flexibility index (Phi) is 9.60. The van der Waals surface area contributed by atoms with Gasteiger partial charge >= 0.3 is 0 Å². The second-order valence-corrected chi connectivity index (χ2v) is 6.44. The molecule has 0 aliphatic rings. The van der Waals surface area contributed by atoms with Gasteiger partial charge in [-0.2, -0.15) is 0 Å². The topological polar surface area (TPSA) is 26.3 Å². The van der Waals surface area contributed by atoms with Gasteiger partial charge in [-0.05, 0) is 30.9 Å². The molecule has 21 heavy (non-hydrogen) atoms. The van der Waals surface area contributed by atoms with E-state index in [-0.39, 0.29) is 5.78 Å². The number of ether oxygens (including phenoxy) is 1. The smallest absolute Gasteiger partial charge is 0.162 e. The summed E-state index contributed by atoms with van der Waals surface area (Å²) in [6, 6.07) is 7.54. The van der Waals surface area contributed by atoms with Crippen molar-refractivity contribution in [2.75, 3.05) is 13.2 Å². The minimum atomic E-state index is 0.198. The lowest BCUT2D eigenvalue weighted by atomic mass is 10.0. The Morgan fingerprint density at radius 3 is 2.52 bits per heavy atom. The molecule has 1 atom stereocenters. The van der Waals surface area contributed by atoms with Crippen LogP contribution in [0.3, 0.4) is 0 Å². The molecule has 0 amide bonds. The summed E-state index contributed by atoms with van der Waals surface area (Å²) in [6.45, 7) is 5.97. The Morgan fingerprint density at radius 1 is 1.19 bits per heavy atom. The van der Waals surface area contributed by atoms with E-state index in [9.17, 15) is 4.79 Å². The van der Waals surface area contributed by atoms with E-state index in [2.05, 4.69) is 29.8 Å². The van der Waals surface area contributed by atoms with Gasteiger partial charge in [0.25, 0.3) is 0 Å². The molecule has 0 spiro atoms. The monoisotopic (exact) mass is 354 g/mol. The van der Waals surface area contributed by atoms with Crippen molar-refractivity contribution in [1.82, 2.24) is 0 Å². The first-order chi connectivity index (χ1) is 10.2. The van der Waals surface area contributed by atoms with Gasteiger partial charge in [-0.1, -0.05) is 61.2 Å². The van der Waals surface area contributed by atoms with Crippen molar-refractivity contribution in [3.05, 3.63) is 34.3 Å². The maximum absolute atomic E-state index is 12.0. The van der Waals surface area contributed by atoms with Crippen molar-refractivity contribution in [1.29, 1.82) is 0 Å². The standard InChI is InChI=1S/C18H27BrO2/c1-3-5-7-15(4-2)14-21-13-6-8-18(20)16-9-11-17(19)12-10-16/h9-12,15H,3-8,13-14H2,1-2H3. The number of unbranched alkanes of at least 4 members (excludes halogenated alkanes) is 1. The van der Waals surface area contributed by atoms with E-state index >= 15 is 0 Å². The highest BCUT2D eigenvalue weighted by Crippen LogP contribution is 2.14. The molecule has 0 aliphatic carbocycles. The van der Waals surface area contributed by atoms with Crippen LogP contribution in [0.2, 0.25) is 0 Å². The molecule has 2 nitrogen and oxygen atoms in total. The molecule has 0 N–H and O–H groups in total. The zero-order chi connectivity index (χ0) is 15.5. The highest BCUT2D eigenvalue weighted by atomic mass is 79.9. The summed E-state index contributed by atoms with van der Waals surface area (Å²) < 4.78 is 6.73. The molecule has 118 valence electrons. The minimum Gasteiger partial charge on any atom is -0.381 e. The third kappa shape index (κ3) is 7.77. The third-order valence-electron chi connectivity index (χ3n) is 3.76. The van der Waals surface area contributed by atoms with Crippen molar-refractivity contribution in [3.63, 3.8) is 0 Å². The highest BCUT2D eigenvalue weighted by molar-refractivity contribution is 9.10. The summed E-state index contributed by atoms with van der Waals surface area (Å²) in [5.41, 5.74) is 0.785. The Hall–Kier alpha value is -0.670. The quantitative estimate of drug-likeness (QED) is 0.379. The van der Waals surface area contributed by atoms with Gasteiger partial charge in [0.05, 0.1) is 0 Å². The van der Waals surface area contributed by atoms with Gasteiger partial charge in [-0.15, -0.1) is 0 Å². The molecule has 0 aromatic heterocycles. The van der Waals surface area contributed by atoms with Gasteiger partial charge in [-0.3, -0.25) is 4.79 Å². The van der Waals surface area contributed by atoms with E-state index in [1.807, 2.05) is 24.3 Å². The number of rotatable bonds is 11. The summed E-state index contributed by atoms with van der Waals surface area (Å²) in [4.78, 5) is 12.0. The maximum atomic E-state index is 12.0. The van der Waals surface area contributed by atoms with Crippen molar-refractivity contribution in [2.24, 2.45) is 5.92 Å². The number of halogens is 1. The number of hydrogen-bond donors (Lipinski definition) is 0. The van der Waals surface area contributed by atoms with E-state index < -0.39 is 0 Å². The number of hydrogen-bond acceptors (Lipinski definition) is 2. The van der Waals surface area contributed by atoms with Crippen LogP contribution in [0.15, 0.2) is 28.7 Å². The summed E-state index contributed by atoms with van der Waals surface area (Å²) in [5.74, 6) is 0.872. The van der Waals surface area contributed by atoms with Gasteiger partial charge in [0.2, 0.25) is 0 Å². The first kappa shape index (κ1) is 18.4.